The summed E-state index contributed by atoms with van der Waals surface area (Å²) in [4.78, 5) is 0. The number of ether oxygens (including phenoxy) is 3. The Labute approximate surface area is 123 Å². The van der Waals surface area contributed by atoms with E-state index in [9.17, 15) is 5.11 Å². The van der Waals surface area contributed by atoms with Crippen molar-refractivity contribution in [3.05, 3.63) is 29.3 Å². The zero-order valence-electron chi connectivity index (χ0n) is 11.3. The number of hydrogen-bond donors (Lipinski definition) is 2. The zero-order valence-corrected chi connectivity index (χ0v) is 12.0. The van der Waals surface area contributed by atoms with Gasteiger partial charge in [0.1, 0.15) is 18.5 Å². The molecule has 1 aromatic rings. The molecule has 0 aromatic heterocycles. The molecule has 2 N–H and O–H groups in total. The minimum Gasteiger partial charge on any atom is -0.491 e. The summed E-state index contributed by atoms with van der Waals surface area (Å²) in [6.45, 7) is 3.25. The van der Waals surface area contributed by atoms with Gasteiger partial charge in [-0.3, -0.25) is 0 Å². The third-order valence-corrected chi connectivity index (χ3v) is 3.14. The predicted octanol–water partition coefficient (Wildman–Crippen LogP) is 1.08. The molecule has 5 nitrogen and oxygen atoms in total. The molecular formula is C14H20ClNO4. The first-order valence-electron chi connectivity index (χ1n) is 6.70. The largest absolute Gasteiger partial charge is 0.491 e. The van der Waals surface area contributed by atoms with Crippen molar-refractivity contribution in [2.75, 3.05) is 39.5 Å². The molecule has 2 atom stereocenters. The predicted molar refractivity (Wildman–Crippen MR) is 76.4 cm³/mol. The quantitative estimate of drug-likeness (QED) is 0.789. The maximum absolute atomic E-state index is 9.81. The van der Waals surface area contributed by atoms with Crippen LogP contribution in [0.25, 0.3) is 0 Å². The fraction of sp³-hybridized carbons (Fsp3) is 0.571. The summed E-state index contributed by atoms with van der Waals surface area (Å²) < 4.78 is 16.2. The first-order chi connectivity index (χ1) is 9.74. The van der Waals surface area contributed by atoms with Gasteiger partial charge in [0.15, 0.2) is 0 Å². The van der Waals surface area contributed by atoms with Crippen LogP contribution in [0.15, 0.2) is 24.3 Å². The topological polar surface area (TPSA) is 60.0 Å². The summed E-state index contributed by atoms with van der Waals surface area (Å²) in [5.41, 5.74) is 0. The third kappa shape index (κ3) is 5.64. The second-order valence-corrected chi connectivity index (χ2v) is 5.08. The van der Waals surface area contributed by atoms with Crippen LogP contribution in [0.3, 0.4) is 0 Å². The number of rotatable bonds is 7. The number of halogens is 1. The first-order valence-corrected chi connectivity index (χ1v) is 7.08. The van der Waals surface area contributed by atoms with Gasteiger partial charge in [-0.05, 0) is 24.3 Å². The Hall–Kier alpha value is -0.850. The van der Waals surface area contributed by atoms with E-state index in [2.05, 4.69) is 5.32 Å². The van der Waals surface area contributed by atoms with E-state index in [1.807, 2.05) is 0 Å². The Bertz CT molecular complexity index is 381. The number of aliphatic hydroxyl groups excluding tert-OH is 1. The number of aliphatic hydroxyl groups is 1. The molecule has 2 unspecified atom stereocenters. The molecule has 1 saturated heterocycles. The molecule has 1 aliphatic heterocycles. The van der Waals surface area contributed by atoms with Crippen molar-refractivity contribution in [1.82, 2.24) is 5.32 Å². The van der Waals surface area contributed by atoms with E-state index in [1.165, 1.54) is 0 Å². The minimum atomic E-state index is -0.574. The molecule has 2 rings (SSSR count). The van der Waals surface area contributed by atoms with Crippen LogP contribution in [0, 0.1) is 0 Å². The molecule has 0 amide bonds. The van der Waals surface area contributed by atoms with Crippen molar-refractivity contribution in [1.29, 1.82) is 0 Å². The molecule has 0 aliphatic carbocycles. The molecule has 6 heteroatoms. The number of nitrogens with one attached hydrogen (secondary N) is 1. The third-order valence-electron chi connectivity index (χ3n) is 2.89. The average molecular weight is 302 g/mol. The molecule has 1 fully saturated rings. The Morgan fingerprint density at radius 1 is 1.35 bits per heavy atom. The molecule has 112 valence electrons. The van der Waals surface area contributed by atoms with Gasteiger partial charge < -0.3 is 24.6 Å². The van der Waals surface area contributed by atoms with Crippen molar-refractivity contribution in [2.45, 2.75) is 12.2 Å². The highest BCUT2D eigenvalue weighted by atomic mass is 35.5. The van der Waals surface area contributed by atoms with Crippen molar-refractivity contribution in [3.63, 3.8) is 0 Å². The molecular weight excluding hydrogens is 282 g/mol. The molecule has 20 heavy (non-hydrogen) atoms. The molecule has 1 aliphatic rings. The highest BCUT2D eigenvalue weighted by Gasteiger charge is 2.14. The van der Waals surface area contributed by atoms with Crippen molar-refractivity contribution in [2.24, 2.45) is 0 Å². The summed E-state index contributed by atoms with van der Waals surface area (Å²) in [5, 5.41) is 13.6. The molecule has 0 bridgehead atoms. The van der Waals surface area contributed by atoms with Crippen LogP contribution in [-0.2, 0) is 9.47 Å². The van der Waals surface area contributed by atoms with Crippen LogP contribution in [0.1, 0.15) is 0 Å². The summed E-state index contributed by atoms with van der Waals surface area (Å²) in [6, 6.07) is 7.05. The molecule has 0 saturated carbocycles. The maximum Gasteiger partial charge on any atom is 0.119 e. The summed E-state index contributed by atoms with van der Waals surface area (Å²) >= 11 is 5.78. The smallest absolute Gasteiger partial charge is 0.119 e. The van der Waals surface area contributed by atoms with Gasteiger partial charge >= 0.3 is 0 Å². The van der Waals surface area contributed by atoms with Gasteiger partial charge in [-0.1, -0.05) is 11.6 Å². The van der Waals surface area contributed by atoms with Crippen molar-refractivity contribution >= 4 is 11.6 Å². The van der Waals surface area contributed by atoms with Gasteiger partial charge in [0.25, 0.3) is 0 Å². The van der Waals surface area contributed by atoms with E-state index in [0.717, 1.165) is 0 Å². The minimum absolute atomic E-state index is 0.0631. The van der Waals surface area contributed by atoms with Crippen molar-refractivity contribution < 1.29 is 19.3 Å². The standard InChI is InChI=1S/C14H20ClNO4/c15-11-1-3-13(4-2-11)20-9-12(17)7-16-8-14-10-18-5-6-19-14/h1-4,12,14,16-17H,5-10H2. The SMILES string of the molecule is OC(CNCC1COCCO1)COc1ccc(Cl)cc1. The van der Waals surface area contributed by atoms with Crippen LogP contribution in [0.5, 0.6) is 5.75 Å². The van der Waals surface area contributed by atoms with Crippen LogP contribution in [0.2, 0.25) is 5.02 Å². The van der Waals surface area contributed by atoms with Gasteiger partial charge in [0.05, 0.1) is 25.9 Å². The van der Waals surface area contributed by atoms with Gasteiger partial charge in [-0.2, -0.15) is 0 Å². The fourth-order valence-electron chi connectivity index (χ4n) is 1.85. The van der Waals surface area contributed by atoms with Gasteiger partial charge in [0, 0.05) is 18.1 Å². The first kappa shape index (κ1) is 15.5. The summed E-state index contributed by atoms with van der Waals surface area (Å²) in [5.74, 6) is 0.692. The zero-order chi connectivity index (χ0) is 14.2. The molecule has 1 aromatic carbocycles. The van der Waals surface area contributed by atoms with Crippen LogP contribution < -0.4 is 10.1 Å². The van der Waals surface area contributed by atoms with E-state index in [4.69, 9.17) is 25.8 Å². The lowest BCUT2D eigenvalue weighted by Gasteiger charge is -2.23. The Balaban J connectivity index is 1.57. The Morgan fingerprint density at radius 2 is 2.15 bits per heavy atom. The van der Waals surface area contributed by atoms with E-state index in [0.29, 0.717) is 43.7 Å². The molecule has 1 heterocycles. The van der Waals surface area contributed by atoms with Crippen LogP contribution in [0.4, 0.5) is 0 Å². The highest BCUT2D eigenvalue weighted by Crippen LogP contribution is 2.15. The van der Waals surface area contributed by atoms with Gasteiger partial charge in [0.2, 0.25) is 0 Å². The number of benzene rings is 1. The van der Waals surface area contributed by atoms with Gasteiger partial charge in [-0.15, -0.1) is 0 Å². The lowest BCUT2D eigenvalue weighted by molar-refractivity contribution is -0.0869. The lowest BCUT2D eigenvalue weighted by atomic mass is 10.3. The van der Waals surface area contributed by atoms with Crippen LogP contribution in [-0.4, -0.2) is 56.8 Å². The molecule has 0 radical (unpaired) electrons. The van der Waals surface area contributed by atoms with Crippen molar-refractivity contribution in [3.8, 4) is 5.75 Å². The van der Waals surface area contributed by atoms with Crippen LogP contribution >= 0.6 is 11.6 Å². The monoisotopic (exact) mass is 301 g/mol. The second kappa shape index (κ2) is 8.44. The molecule has 0 spiro atoms. The Morgan fingerprint density at radius 3 is 2.85 bits per heavy atom. The summed E-state index contributed by atoms with van der Waals surface area (Å²) in [7, 11) is 0. The second-order valence-electron chi connectivity index (χ2n) is 4.64. The van der Waals surface area contributed by atoms with E-state index in [1.54, 1.807) is 24.3 Å². The Kier molecular flexibility index (Phi) is 6.56. The van der Waals surface area contributed by atoms with E-state index >= 15 is 0 Å². The average Bonchev–Trinajstić information content (AvgIpc) is 2.48. The van der Waals surface area contributed by atoms with E-state index in [-0.39, 0.29) is 12.7 Å². The highest BCUT2D eigenvalue weighted by molar-refractivity contribution is 6.30. The summed E-state index contributed by atoms with van der Waals surface area (Å²) in [6.07, 6.45) is -0.511. The lowest BCUT2D eigenvalue weighted by Crippen LogP contribution is -2.41. The normalized spacial score (nSPS) is 20.6. The fourth-order valence-corrected chi connectivity index (χ4v) is 1.97. The maximum atomic E-state index is 9.81. The van der Waals surface area contributed by atoms with E-state index < -0.39 is 6.10 Å². The van der Waals surface area contributed by atoms with Gasteiger partial charge in [-0.25, -0.2) is 0 Å². The number of hydrogen-bond acceptors (Lipinski definition) is 5.